The maximum Gasteiger partial charge on any atom is 0.250 e. The van der Waals surface area contributed by atoms with Gasteiger partial charge < -0.3 is 14.8 Å². The summed E-state index contributed by atoms with van der Waals surface area (Å²) < 4.78 is 15.3. The van der Waals surface area contributed by atoms with Crippen molar-refractivity contribution in [2.75, 3.05) is 18.4 Å². The van der Waals surface area contributed by atoms with Crippen LogP contribution in [0.3, 0.4) is 0 Å². The van der Waals surface area contributed by atoms with Crippen molar-refractivity contribution in [3.05, 3.63) is 88.1 Å². The SMILES string of the molecule is CC(=O)Nc1ccc(-c2ccc(=O)n3c2[C@@H]2C[C@H](C3)C[NH+](Cc3ccc(F)cc3)C2)cc1. The fourth-order valence-corrected chi connectivity index (χ4v) is 5.45. The van der Waals surface area contributed by atoms with Gasteiger partial charge in [-0.1, -0.05) is 24.3 Å². The summed E-state index contributed by atoms with van der Waals surface area (Å²) in [6, 6.07) is 18.2. The molecule has 164 valence electrons. The Morgan fingerprint density at radius 1 is 1.06 bits per heavy atom. The molecule has 2 aliphatic heterocycles. The van der Waals surface area contributed by atoms with Crippen LogP contribution in [0.25, 0.3) is 11.1 Å². The molecule has 1 aromatic heterocycles. The molecule has 1 amide bonds. The molecular formula is C26H27FN3O2+. The molecule has 5 nitrogen and oxygen atoms in total. The number of aromatic nitrogens is 1. The Bertz CT molecular complexity index is 1200. The normalized spacial score (nSPS) is 21.6. The van der Waals surface area contributed by atoms with Crippen LogP contribution in [0, 0.1) is 11.7 Å². The quantitative estimate of drug-likeness (QED) is 0.666. The Balaban J connectivity index is 1.45. The number of anilines is 1. The Morgan fingerprint density at radius 2 is 1.81 bits per heavy atom. The van der Waals surface area contributed by atoms with E-state index in [4.69, 9.17) is 0 Å². The molecule has 32 heavy (non-hydrogen) atoms. The lowest BCUT2D eigenvalue weighted by Crippen LogP contribution is -3.13. The summed E-state index contributed by atoms with van der Waals surface area (Å²) in [4.78, 5) is 25.5. The number of carbonyl (C=O) groups is 1. The standard InChI is InChI=1S/C26H26FN3O2/c1-17(31)28-23-8-4-20(5-9-23)24-10-11-25(32)30-15-19-12-21(26(24)30)16-29(14-19)13-18-2-6-22(27)7-3-18/h2-11,19,21H,12-16H2,1H3,(H,28,31)/p+1/t19-,21+/m0/s1. The lowest BCUT2D eigenvalue weighted by atomic mass is 9.80. The molecule has 2 aliphatic rings. The van der Waals surface area contributed by atoms with Crippen molar-refractivity contribution in [1.82, 2.24) is 4.57 Å². The second-order valence-electron chi connectivity index (χ2n) is 9.10. The zero-order valence-corrected chi connectivity index (χ0v) is 18.1. The van der Waals surface area contributed by atoms with Crippen LogP contribution in [-0.4, -0.2) is 23.6 Å². The fraction of sp³-hybridized carbons (Fsp3) is 0.308. The molecule has 0 aliphatic carbocycles. The van der Waals surface area contributed by atoms with Crippen LogP contribution < -0.4 is 15.8 Å². The van der Waals surface area contributed by atoms with E-state index >= 15 is 0 Å². The summed E-state index contributed by atoms with van der Waals surface area (Å²) in [6.45, 7) is 5.08. The third-order valence-electron chi connectivity index (χ3n) is 6.67. The minimum atomic E-state index is -0.207. The van der Waals surface area contributed by atoms with Crippen LogP contribution in [0.2, 0.25) is 0 Å². The predicted octanol–water partition coefficient (Wildman–Crippen LogP) is 2.82. The number of rotatable bonds is 4. The third kappa shape index (κ3) is 4.10. The number of piperidine rings is 1. The van der Waals surface area contributed by atoms with Crippen LogP contribution >= 0.6 is 0 Å². The van der Waals surface area contributed by atoms with E-state index in [2.05, 4.69) is 5.32 Å². The zero-order valence-electron chi connectivity index (χ0n) is 18.1. The van der Waals surface area contributed by atoms with E-state index in [0.717, 1.165) is 60.7 Å². The molecule has 3 heterocycles. The maximum atomic E-state index is 13.3. The van der Waals surface area contributed by atoms with Gasteiger partial charge in [-0.05, 0) is 42.3 Å². The first-order valence-electron chi connectivity index (χ1n) is 11.2. The highest BCUT2D eigenvalue weighted by molar-refractivity contribution is 5.89. The van der Waals surface area contributed by atoms with Crippen molar-refractivity contribution in [2.45, 2.75) is 32.4 Å². The Morgan fingerprint density at radius 3 is 2.53 bits per heavy atom. The van der Waals surface area contributed by atoms with Crippen molar-refractivity contribution in [2.24, 2.45) is 5.92 Å². The third-order valence-corrected chi connectivity index (χ3v) is 6.67. The van der Waals surface area contributed by atoms with Gasteiger partial charge >= 0.3 is 0 Å². The smallest absolute Gasteiger partial charge is 0.250 e. The number of hydrogen-bond donors (Lipinski definition) is 2. The van der Waals surface area contributed by atoms with Gasteiger partial charge in [-0.3, -0.25) is 9.59 Å². The summed E-state index contributed by atoms with van der Waals surface area (Å²) in [6.07, 6.45) is 1.09. The van der Waals surface area contributed by atoms with E-state index in [9.17, 15) is 14.0 Å². The highest BCUT2D eigenvalue weighted by Gasteiger charge is 2.38. The average molecular weight is 433 g/mol. The molecule has 0 saturated carbocycles. The number of nitrogens with one attached hydrogen (secondary N) is 2. The largest absolute Gasteiger partial charge is 0.330 e. The second kappa shape index (κ2) is 8.36. The molecule has 1 fully saturated rings. The van der Waals surface area contributed by atoms with E-state index in [1.807, 2.05) is 47.0 Å². The lowest BCUT2D eigenvalue weighted by molar-refractivity contribution is -0.924. The summed E-state index contributed by atoms with van der Waals surface area (Å²) in [5, 5.41) is 2.80. The van der Waals surface area contributed by atoms with E-state index in [1.165, 1.54) is 24.0 Å². The fourth-order valence-electron chi connectivity index (χ4n) is 5.45. The van der Waals surface area contributed by atoms with E-state index in [0.29, 0.717) is 11.8 Å². The molecule has 3 aromatic rings. The number of pyridine rings is 1. The Labute approximate surface area is 186 Å². The molecular weight excluding hydrogens is 405 g/mol. The van der Waals surface area contributed by atoms with Gasteiger partial charge in [-0.25, -0.2) is 4.39 Å². The molecule has 2 bridgehead atoms. The number of fused-ring (bicyclic) bond motifs is 4. The molecule has 6 heteroatoms. The number of nitrogens with zero attached hydrogens (tertiary/aromatic N) is 1. The van der Waals surface area contributed by atoms with Crippen LogP contribution in [0.4, 0.5) is 10.1 Å². The number of amides is 1. The second-order valence-corrected chi connectivity index (χ2v) is 9.10. The highest BCUT2D eigenvalue weighted by atomic mass is 19.1. The van der Waals surface area contributed by atoms with Gasteiger partial charge in [0.1, 0.15) is 12.4 Å². The van der Waals surface area contributed by atoms with Crippen LogP contribution in [-0.2, 0) is 17.9 Å². The molecule has 0 spiro atoms. The van der Waals surface area contributed by atoms with Gasteiger partial charge in [0, 0.05) is 53.9 Å². The molecule has 1 unspecified atom stereocenters. The maximum absolute atomic E-state index is 13.3. The first kappa shape index (κ1) is 20.6. The molecule has 1 saturated heterocycles. The molecule has 5 rings (SSSR count). The minimum absolute atomic E-state index is 0.0651. The first-order chi connectivity index (χ1) is 15.5. The van der Waals surface area contributed by atoms with Crippen LogP contribution in [0.15, 0.2) is 65.5 Å². The average Bonchev–Trinajstić information content (AvgIpc) is 2.76. The Hall–Kier alpha value is -3.25. The van der Waals surface area contributed by atoms with Gasteiger partial charge in [0.05, 0.1) is 13.1 Å². The molecule has 2 N–H and O–H groups in total. The topological polar surface area (TPSA) is 55.5 Å². The summed E-state index contributed by atoms with van der Waals surface area (Å²) in [7, 11) is 0. The van der Waals surface area contributed by atoms with Gasteiger partial charge in [0.2, 0.25) is 5.91 Å². The number of halogens is 1. The van der Waals surface area contributed by atoms with Gasteiger partial charge in [0.25, 0.3) is 5.56 Å². The summed E-state index contributed by atoms with van der Waals surface area (Å²) in [5.41, 5.74) is 5.22. The molecule has 0 radical (unpaired) electrons. The van der Waals surface area contributed by atoms with E-state index in [-0.39, 0.29) is 17.3 Å². The Kier molecular flexibility index (Phi) is 5.39. The molecule has 2 aromatic carbocycles. The van der Waals surface area contributed by atoms with Crippen molar-refractivity contribution in [3.8, 4) is 11.1 Å². The predicted molar refractivity (Wildman–Crippen MR) is 122 cm³/mol. The van der Waals surface area contributed by atoms with Crippen molar-refractivity contribution in [3.63, 3.8) is 0 Å². The number of hydrogen-bond acceptors (Lipinski definition) is 2. The van der Waals surface area contributed by atoms with Crippen LogP contribution in [0.5, 0.6) is 0 Å². The van der Waals surface area contributed by atoms with Crippen LogP contribution in [0.1, 0.15) is 30.5 Å². The van der Waals surface area contributed by atoms with Crippen molar-refractivity contribution < 1.29 is 14.1 Å². The molecule has 3 atom stereocenters. The van der Waals surface area contributed by atoms with Gasteiger partial charge in [-0.2, -0.15) is 0 Å². The zero-order chi connectivity index (χ0) is 22.2. The highest BCUT2D eigenvalue weighted by Crippen LogP contribution is 2.37. The van der Waals surface area contributed by atoms with E-state index in [1.54, 1.807) is 6.07 Å². The van der Waals surface area contributed by atoms with Crippen molar-refractivity contribution in [1.29, 1.82) is 0 Å². The summed E-state index contributed by atoms with van der Waals surface area (Å²) >= 11 is 0. The first-order valence-corrected chi connectivity index (χ1v) is 11.2. The van der Waals surface area contributed by atoms with E-state index < -0.39 is 0 Å². The monoisotopic (exact) mass is 432 g/mol. The van der Waals surface area contributed by atoms with Gasteiger partial charge in [-0.15, -0.1) is 0 Å². The number of carbonyl (C=O) groups excluding carboxylic acids is 1. The number of quaternary nitrogens is 1. The summed E-state index contributed by atoms with van der Waals surface area (Å²) in [5.74, 6) is 0.462. The lowest BCUT2D eigenvalue weighted by Gasteiger charge is -2.41. The minimum Gasteiger partial charge on any atom is -0.330 e. The van der Waals surface area contributed by atoms with Crippen molar-refractivity contribution >= 4 is 11.6 Å². The number of benzene rings is 2. The van der Waals surface area contributed by atoms with Gasteiger partial charge in [0.15, 0.2) is 0 Å². The number of likely N-dealkylation sites (tertiary alicyclic amines) is 1.